The molecule has 0 spiro atoms. The Hall–Kier alpha value is -0.0400. The summed E-state index contributed by atoms with van der Waals surface area (Å²) in [6.07, 6.45) is 2.85. The van der Waals surface area contributed by atoms with Crippen LogP contribution in [0.2, 0.25) is 0 Å². The van der Waals surface area contributed by atoms with E-state index in [1.165, 1.54) is 6.38 Å². The Morgan fingerprint density at radius 1 is 1.25 bits per heavy atom. The van der Waals surface area contributed by atoms with Gasteiger partial charge in [0.2, 0.25) is 0 Å². The molecule has 0 aromatic heterocycles. The van der Waals surface area contributed by atoms with Crippen molar-refractivity contribution in [3.05, 3.63) is 0 Å². The lowest BCUT2D eigenvalue weighted by Gasteiger charge is -1.81. The summed E-state index contributed by atoms with van der Waals surface area (Å²) >= 11 is 4.64. The molecule has 0 radical (unpaired) electrons. The summed E-state index contributed by atoms with van der Waals surface area (Å²) in [5, 5.41) is 0. The van der Waals surface area contributed by atoms with Crippen molar-refractivity contribution in [1.29, 1.82) is 0 Å². The molecule has 0 fully saturated rings. The first-order valence-electron chi connectivity index (χ1n) is 2.70. The minimum Gasteiger partial charge on any atom is -0.300 e. The number of Topliss-reactive ketones (excluding diaryl/α,β-unsaturated/α-hetero) is 1. The minimum atomic E-state index is 0.343. The van der Waals surface area contributed by atoms with Crippen molar-refractivity contribution in [2.75, 3.05) is 6.38 Å². The lowest BCUT2D eigenvalue weighted by atomic mass is 10.3. The molecule has 0 aromatic rings. The topological polar surface area (TPSA) is 17.1 Å². The number of hydrogen-bond donors (Lipinski definition) is 0. The van der Waals surface area contributed by atoms with E-state index >= 15 is 0 Å². The molecule has 0 unspecified atom stereocenters. The van der Waals surface area contributed by atoms with Crippen LogP contribution < -0.4 is 0 Å². The van der Waals surface area contributed by atoms with Crippen molar-refractivity contribution < 1.29 is 4.79 Å². The fraction of sp³-hybridized carbons (Fsp3) is 0.833. The second-order valence-electron chi connectivity index (χ2n) is 1.25. The summed E-state index contributed by atoms with van der Waals surface area (Å²) in [7, 11) is 0. The number of alkyl halides is 1. The van der Waals surface area contributed by atoms with Crippen LogP contribution in [-0.4, -0.2) is 12.2 Å². The molecule has 8 heavy (non-hydrogen) atoms. The summed E-state index contributed by atoms with van der Waals surface area (Å²) in [4.78, 5) is 10.2. The highest BCUT2D eigenvalue weighted by molar-refractivity contribution is 6.15. The van der Waals surface area contributed by atoms with Gasteiger partial charge in [-0.05, 0) is 0 Å². The maximum absolute atomic E-state index is 10.2. The zero-order chi connectivity index (χ0) is 6.99. The number of ketones is 1. The Kier molecular flexibility index (Phi) is 13.6. The number of rotatable bonds is 2. The van der Waals surface area contributed by atoms with Gasteiger partial charge < -0.3 is 0 Å². The van der Waals surface area contributed by atoms with Gasteiger partial charge in [0.05, 0.1) is 0 Å². The van der Waals surface area contributed by atoms with Crippen molar-refractivity contribution >= 4 is 17.4 Å². The van der Waals surface area contributed by atoms with E-state index in [2.05, 4.69) is 11.6 Å². The molecule has 0 rings (SSSR count). The van der Waals surface area contributed by atoms with Crippen LogP contribution >= 0.6 is 11.6 Å². The Morgan fingerprint density at radius 2 is 1.50 bits per heavy atom. The Balaban J connectivity index is 0. The molecular weight excluding hydrogens is 124 g/mol. The third-order valence-electron chi connectivity index (χ3n) is 0.789. The van der Waals surface area contributed by atoms with Crippen LogP contribution in [0.3, 0.4) is 0 Å². The molecule has 0 heterocycles. The monoisotopic (exact) mass is 136 g/mol. The highest BCUT2D eigenvalue weighted by atomic mass is 35.5. The van der Waals surface area contributed by atoms with Crippen LogP contribution in [0, 0.1) is 0 Å². The molecule has 0 aliphatic carbocycles. The van der Waals surface area contributed by atoms with E-state index in [1.54, 1.807) is 0 Å². The molecule has 0 amide bonds. The average molecular weight is 137 g/mol. The Morgan fingerprint density at radius 3 is 1.50 bits per heavy atom. The van der Waals surface area contributed by atoms with Gasteiger partial charge in [0, 0.05) is 19.2 Å². The van der Waals surface area contributed by atoms with Gasteiger partial charge in [-0.15, -0.1) is 11.6 Å². The molecule has 50 valence electrons. The van der Waals surface area contributed by atoms with Gasteiger partial charge in [-0.1, -0.05) is 13.8 Å². The van der Waals surface area contributed by atoms with Crippen molar-refractivity contribution in [2.45, 2.75) is 26.7 Å². The van der Waals surface area contributed by atoms with Gasteiger partial charge >= 0.3 is 0 Å². The first-order chi connectivity index (χ1) is 3.81. The van der Waals surface area contributed by atoms with Crippen LogP contribution in [0.25, 0.3) is 0 Å². The molecule has 0 aliphatic heterocycles. The van der Waals surface area contributed by atoms with Gasteiger partial charge in [0.15, 0.2) is 0 Å². The predicted molar refractivity (Wildman–Crippen MR) is 37.4 cm³/mol. The average Bonchev–Trinajstić information content (AvgIpc) is 1.91. The minimum absolute atomic E-state index is 0.343. The molecule has 0 N–H and O–H groups in total. The summed E-state index contributed by atoms with van der Waals surface area (Å²) < 4.78 is 0. The van der Waals surface area contributed by atoms with Crippen molar-refractivity contribution in [3.63, 3.8) is 0 Å². The highest BCUT2D eigenvalue weighted by Crippen LogP contribution is 1.82. The summed E-state index contributed by atoms with van der Waals surface area (Å²) in [6, 6.07) is 0. The Labute approximate surface area is 56.0 Å². The maximum Gasteiger partial charge on any atom is 0.132 e. The predicted octanol–water partition coefficient (Wildman–Crippen LogP) is 2.23. The first-order valence-corrected chi connectivity index (χ1v) is 3.46. The van der Waals surface area contributed by atoms with E-state index in [0.29, 0.717) is 18.6 Å². The number of hydrogen-bond acceptors (Lipinski definition) is 1. The Bertz CT molecular complexity index is 46.5. The summed E-state index contributed by atoms with van der Waals surface area (Å²) in [6.45, 7) is 3.76. The number of carbonyl (C=O) groups is 1. The first kappa shape index (κ1) is 10.9. The lowest BCUT2D eigenvalue weighted by Crippen LogP contribution is -1.88. The highest BCUT2D eigenvalue weighted by Gasteiger charge is 1.86. The van der Waals surface area contributed by atoms with Crippen LogP contribution in [0.4, 0.5) is 0 Å². The number of carbonyl (C=O) groups excluding carboxylic acids is 1. The second kappa shape index (κ2) is 10.0. The van der Waals surface area contributed by atoms with Crippen LogP contribution in [0.1, 0.15) is 26.7 Å². The smallest absolute Gasteiger partial charge is 0.132 e. The molecular formula is C6H13ClO. The van der Waals surface area contributed by atoms with E-state index in [1.807, 2.05) is 13.8 Å². The molecule has 2 heteroatoms. The maximum atomic E-state index is 10.2. The third kappa shape index (κ3) is 9.35. The van der Waals surface area contributed by atoms with E-state index in [9.17, 15) is 4.79 Å². The second-order valence-corrected chi connectivity index (χ2v) is 1.25. The van der Waals surface area contributed by atoms with Gasteiger partial charge in [-0.3, -0.25) is 4.79 Å². The lowest BCUT2D eigenvalue weighted by molar-refractivity contribution is -0.118. The summed E-state index contributed by atoms with van der Waals surface area (Å²) in [5.41, 5.74) is 0. The van der Waals surface area contributed by atoms with Crippen molar-refractivity contribution in [1.82, 2.24) is 0 Å². The van der Waals surface area contributed by atoms with E-state index in [-0.39, 0.29) is 0 Å². The van der Waals surface area contributed by atoms with E-state index in [4.69, 9.17) is 0 Å². The standard InChI is InChI=1S/C5H10O.CH3Cl/c1-3-5(6)4-2;1-2/h3-4H2,1-2H3;1H3. The third-order valence-corrected chi connectivity index (χ3v) is 0.789. The van der Waals surface area contributed by atoms with Gasteiger partial charge in [-0.25, -0.2) is 0 Å². The SMILES string of the molecule is CCC(=O)CC.CCl. The normalized spacial score (nSPS) is 7.00. The van der Waals surface area contributed by atoms with Crippen LogP contribution in [0.15, 0.2) is 0 Å². The van der Waals surface area contributed by atoms with Crippen molar-refractivity contribution in [3.8, 4) is 0 Å². The quantitative estimate of drug-likeness (QED) is 0.532. The molecule has 0 bridgehead atoms. The largest absolute Gasteiger partial charge is 0.300 e. The van der Waals surface area contributed by atoms with E-state index < -0.39 is 0 Å². The van der Waals surface area contributed by atoms with Crippen molar-refractivity contribution in [2.24, 2.45) is 0 Å². The molecule has 0 aliphatic rings. The van der Waals surface area contributed by atoms with Crippen LogP contribution in [0.5, 0.6) is 0 Å². The fourth-order valence-corrected chi connectivity index (χ4v) is 0.250. The zero-order valence-corrected chi connectivity index (χ0v) is 6.46. The molecule has 0 atom stereocenters. The molecule has 1 nitrogen and oxygen atoms in total. The zero-order valence-electron chi connectivity index (χ0n) is 5.70. The van der Waals surface area contributed by atoms with E-state index in [0.717, 1.165) is 0 Å². The summed E-state index contributed by atoms with van der Waals surface area (Å²) in [5.74, 6) is 0.343. The molecule has 0 aromatic carbocycles. The molecule has 0 saturated heterocycles. The van der Waals surface area contributed by atoms with Crippen LogP contribution in [-0.2, 0) is 4.79 Å². The van der Waals surface area contributed by atoms with Gasteiger partial charge in [-0.2, -0.15) is 0 Å². The van der Waals surface area contributed by atoms with Gasteiger partial charge in [0.25, 0.3) is 0 Å². The fourth-order valence-electron chi connectivity index (χ4n) is 0.250. The number of halogens is 1. The van der Waals surface area contributed by atoms with Gasteiger partial charge in [0.1, 0.15) is 5.78 Å². The molecule has 0 saturated carbocycles.